The van der Waals surface area contributed by atoms with Gasteiger partial charge in [0, 0.05) is 32.4 Å². The van der Waals surface area contributed by atoms with E-state index in [0.29, 0.717) is 47.6 Å². The van der Waals surface area contributed by atoms with Crippen molar-refractivity contribution in [3.8, 4) is 0 Å². The fourth-order valence-corrected chi connectivity index (χ4v) is 4.51. The number of anilines is 3. The molecule has 2 heterocycles. The van der Waals surface area contributed by atoms with Gasteiger partial charge in [-0.2, -0.15) is 0 Å². The SMILES string of the molecule is CCN(CCn1c2ccc(NC(=O)CC(=O)O)cc2c(=O)n1C)c1ccc(N2C[C@H](CN)OC2=O)cc1F. The Hall–Kier alpha value is -4.39. The van der Waals surface area contributed by atoms with Crippen molar-refractivity contribution < 1.29 is 28.6 Å². The highest BCUT2D eigenvalue weighted by atomic mass is 19.1. The van der Waals surface area contributed by atoms with Crippen molar-refractivity contribution in [1.82, 2.24) is 9.36 Å². The summed E-state index contributed by atoms with van der Waals surface area (Å²) in [7, 11) is 1.61. The number of aliphatic carboxylic acids is 1. The molecular weight excluding hydrogens is 499 g/mol. The lowest BCUT2D eigenvalue weighted by atomic mass is 10.2. The van der Waals surface area contributed by atoms with Gasteiger partial charge in [-0.05, 0) is 43.3 Å². The second kappa shape index (κ2) is 10.9. The topological polar surface area (TPSA) is 152 Å². The van der Waals surface area contributed by atoms with E-state index >= 15 is 4.39 Å². The van der Waals surface area contributed by atoms with E-state index in [0.717, 1.165) is 0 Å². The number of carbonyl (C=O) groups is 3. The first-order valence-corrected chi connectivity index (χ1v) is 12.1. The molecule has 38 heavy (non-hydrogen) atoms. The van der Waals surface area contributed by atoms with Crippen LogP contribution in [0.1, 0.15) is 13.3 Å². The number of benzene rings is 2. The van der Waals surface area contributed by atoms with Gasteiger partial charge in [0.05, 0.1) is 35.4 Å². The van der Waals surface area contributed by atoms with Gasteiger partial charge in [0.15, 0.2) is 0 Å². The molecule has 1 saturated heterocycles. The smallest absolute Gasteiger partial charge is 0.414 e. The number of nitrogens with zero attached hydrogens (tertiary/aromatic N) is 4. The number of hydrogen-bond acceptors (Lipinski definition) is 7. The van der Waals surface area contributed by atoms with Crippen molar-refractivity contribution in [2.24, 2.45) is 12.8 Å². The van der Waals surface area contributed by atoms with E-state index in [2.05, 4.69) is 5.32 Å². The molecule has 3 aromatic rings. The molecule has 1 aromatic heterocycles. The van der Waals surface area contributed by atoms with Crippen molar-refractivity contribution in [1.29, 1.82) is 0 Å². The van der Waals surface area contributed by atoms with Gasteiger partial charge in [0.2, 0.25) is 5.91 Å². The molecule has 202 valence electrons. The molecule has 1 aliphatic rings. The Balaban J connectivity index is 1.52. The number of ether oxygens (including phenoxy) is 1. The van der Waals surface area contributed by atoms with Crippen molar-refractivity contribution in [2.75, 3.05) is 41.3 Å². The number of fused-ring (bicyclic) bond motifs is 1. The maximum absolute atomic E-state index is 15.2. The predicted octanol–water partition coefficient (Wildman–Crippen LogP) is 1.70. The first-order chi connectivity index (χ1) is 18.1. The molecule has 2 aromatic carbocycles. The monoisotopic (exact) mass is 528 g/mol. The number of aromatic nitrogens is 2. The summed E-state index contributed by atoms with van der Waals surface area (Å²) < 4.78 is 23.5. The van der Waals surface area contributed by atoms with Gasteiger partial charge < -0.3 is 25.8 Å². The summed E-state index contributed by atoms with van der Waals surface area (Å²) in [6.45, 7) is 3.54. The second-order valence-corrected chi connectivity index (χ2v) is 8.87. The standard InChI is InChI=1S/C25H29FN6O6/c1-3-30(21-7-5-16(11-19(21)26)31-14-17(13-27)38-25(31)37)8-9-32-20-6-4-15(28-22(33)12-23(34)35)10-18(20)24(36)29(32)2/h4-7,10-11,17H,3,8-9,12-14,27H2,1-2H3,(H,28,33)(H,34,35)/t17-/m0/s1. The number of carboxylic acid groups (broad SMARTS) is 1. The normalized spacial score (nSPS) is 15.1. The lowest BCUT2D eigenvalue weighted by Crippen LogP contribution is -2.31. The first kappa shape index (κ1) is 26.7. The summed E-state index contributed by atoms with van der Waals surface area (Å²) in [5, 5.41) is 11.6. The zero-order valence-electron chi connectivity index (χ0n) is 21.0. The average Bonchev–Trinajstić information content (AvgIpc) is 3.36. The van der Waals surface area contributed by atoms with Gasteiger partial charge in [-0.3, -0.25) is 28.6 Å². The summed E-state index contributed by atoms with van der Waals surface area (Å²) in [5.41, 5.74) is 6.95. The zero-order chi connectivity index (χ0) is 27.6. The quantitative estimate of drug-likeness (QED) is 0.336. The number of nitrogens with two attached hydrogens (primary N) is 1. The minimum Gasteiger partial charge on any atom is -0.481 e. The highest BCUT2D eigenvalue weighted by Crippen LogP contribution is 2.28. The van der Waals surface area contributed by atoms with Crippen LogP contribution in [0, 0.1) is 5.82 Å². The first-order valence-electron chi connectivity index (χ1n) is 12.1. The lowest BCUT2D eigenvalue weighted by Gasteiger charge is -2.25. The Bertz CT molecular complexity index is 1450. The number of nitrogens with one attached hydrogen (secondary N) is 1. The van der Waals surface area contributed by atoms with Crippen LogP contribution in [-0.4, -0.2) is 64.7 Å². The van der Waals surface area contributed by atoms with Gasteiger partial charge in [-0.25, -0.2) is 9.18 Å². The molecule has 1 atom stereocenters. The van der Waals surface area contributed by atoms with Gasteiger partial charge in [0.25, 0.3) is 5.56 Å². The molecule has 0 saturated carbocycles. The number of carbonyl (C=O) groups excluding carboxylic acids is 2. The van der Waals surface area contributed by atoms with E-state index < -0.39 is 36.3 Å². The third-order valence-electron chi connectivity index (χ3n) is 6.44. The van der Waals surface area contributed by atoms with Gasteiger partial charge in [-0.1, -0.05) is 0 Å². The van der Waals surface area contributed by atoms with Crippen molar-refractivity contribution in [3.63, 3.8) is 0 Å². The molecule has 4 rings (SSSR count). The minimum absolute atomic E-state index is 0.184. The third-order valence-corrected chi connectivity index (χ3v) is 6.44. The number of amides is 2. The van der Waals surface area contributed by atoms with Crippen LogP contribution in [0.2, 0.25) is 0 Å². The van der Waals surface area contributed by atoms with Crippen LogP contribution in [0.15, 0.2) is 41.2 Å². The van der Waals surface area contributed by atoms with Crippen molar-refractivity contribution in [2.45, 2.75) is 26.0 Å². The summed E-state index contributed by atoms with van der Waals surface area (Å²) in [5.74, 6) is -2.45. The van der Waals surface area contributed by atoms with Crippen LogP contribution in [0.4, 0.5) is 26.2 Å². The van der Waals surface area contributed by atoms with Crippen LogP contribution < -0.4 is 26.4 Å². The van der Waals surface area contributed by atoms with Gasteiger partial charge >= 0.3 is 12.1 Å². The highest BCUT2D eigenvalue weighted by molar-refractivity contribution is 6.02. The second-order valence-electron chi connectivity index (χ2n) is 8.87. The number of likely N-dealkylation sites (N-methyl/N-ethyl adjacent to an activating group) is 1. The van der Waals surface area contributed by atoms with Gasteiger partial charge in [-0.15, -0.1) is 0 Å². The molecule has 1 fully saturated rings. The summed E-state index contributed by atoms with van der Waals surface area (Å²) >= 11 is 0. The zero-order valence-corrected chi connectivity index (χ0v) is 21.0. The van der Waals surface area contributed by atoms with E-state index in [1.807, 2.05) is 11.8 Å². The Morgan fingerprint density at radius 1 is 1.24 bits per heavy atom. The maximum atomic E-state index is 15.2. The molecule has 0 aliphatic carbocycles. The van der Waals surface area contributed by atoms with E-state index in [4.69, 9.17) is 15.6 Å². The molecule has 12 nitrogen and oxygen atoms in total. The van der Waals surface area contributed by atoms with Crippen molar-refractivity contribution >= 4 is 45.9 Å². The van der Waals surface area contributed by atoms with E-state index in [-0.39, 0.29) is 18.6 Å². The number of rotatable bonds is 10. The Morgan fingerprint density at radius 3 is 2.63 bits per heavy atom. The minimum atomic E-state index is -1.25. The van der Waals surface area contributed by atoms with E-state index in [9.17, 15) is 19.2 Å². The summed E-state index contributed by atoms with van der Waals surface area (Å²) in [6, 6.07) is 9.31. The van der Waals surface area contributed by atoms with Gasteiger partial charge in [0.1, 0.15) is 18.3 Å². The highest BCUT2D eigenvalue weighted by Gasteiger charge is 2.32. The molecule has 2 amide bonds. The van der Waals surface area contributed by atoms with Crippen LogP contribution in [-0.2, 0) is 27.9 Å². The molecular formula is C25H29FN6O6. The number of halogens is 1. The van der Waals surface area contributed by atoms with Crippen molar-refractivity contribution in [3.05, 3.63) is 52.6 Å². The molecule has 4 N–H and O–H groups in total. The summed E-state index contributed by atoms with van der Waals surface area (Å²) in [6.07, 6.45) is -1.68. The number of hydrogen-bond donors (Lipinski definition) is 3. The fourth-order valence-electron chi connectivity index (χ4n) is 4.51. The average molecular weight is 529 g/mol. The van der Waals surface area contributed by atoms with E-state index in [1.54, 1.807) is 36.0 Å². The molecule has 0 radical (unpaired) electrons. The maximum Gasteiger partial charge on any atom is 0.414 e. The largest absolute Gasteiger partial charge is 0.481 e. The molecule has 13 heteroatoms. The Morgan fingerprint density at radius 2 is 2.00 bits per heavy atom. The molecule has 0 bridgehead atoms. The van der Waals surface area contributed by atoms with Crippen LogP contribution in [0.25, 0.3) is 10.9 Å². The lowest BCUT2D eigenvalue weighted by molar-refractivity contribution is -0.139. The summed E-state index contributed by atoms with van der Waals surface area (Å²) in [4.78, 5) is 50.6. The fraction of sp³-hybridized carbons (Fsp3) is 0.360. The van der Waals surface area contributed by atoms with Crippen LogP contribution in [0.5, 0.6) is 0 Å². The van der Waals surface area contributed by atoms with Crippen LogP contribution >= 0.6 is 0 Å². The molecule has 1 aliphatic heterocycles. The predicted molar refractivity (Wildman–Crippen MR) is 139 cm³/mol. The van der Waals surface area contributed by atoms with E-state index in [1.165, 1.54) is 21.7 Å². The van der Waals surface area contributed by atoms with Crippen LogP contribution in [0.3, 0.4) is 0 Å². The number of carboxylic acids is 1. The molecule has 0 unspecified atom stereocenters. The number of cyclic esters (lactones) is 1. The Labute approximate surface area is 216 Å². The Kier molecular flexibility index (Phi) is 7.67. The molecule has 0 spiro atoms. The third kappa shape index (κ3) is 5.32.